The molecule has 0 N–H and O–H groups in total. The first-order chi connectivity index (χ1) is 9.49. The van der Waals surface area contributed by atoms with E-state index in [9.17, 15) is 4.79 Å². The van der Waals surface area contributed by atoms with Gasteiger partial charge in [0.05, 0.1) is 6.20 Å². The molecule has 0 unspecified atom stereocenters. The van der Waals surface area contributed by atoms with Gasteiger partial charge in [-0.3, -0.25) is 9.48 Å². The third-order valence-electron chi connectivity index (χ3n) is 3.25. The molecule has 0 radical (unpaired) electrons. The van der Waals surface area contributed by atoms with E-state index in [-0.39, 0.29) is 5.91 Å². The zero-order valence-electron chi connectivity index (χ0n) is 12.6. The van der Waals surface area contributed by atoms with Crippen LogP contribution in [0.1, 0.15) is 34.0 Å². The van der Waals surface area contributed by atoms with Gasteiger partial charge in [0, 0.05) is 37.5 Å². The average molecular weight is 271 g/mol. The Morgan fingerprint density at radius 1 is 1.25 bits per heavy atom. The largest absolute Gasteiger partial charge is 0.337 e. The van der Waals surface area contributed by atoms with E-state index in [0.29, 0.717) is 6.54 Å². The van der Waals surface area contributed by atoms with Gasteiger partial charge in [-0.1, -0.05) is 17.2 Å². The summed E-state index contributed by atoms with van der Waals surface area (Å²) in [4.78, 5) is 14.2. The van der Waals surface area contributed by atoms with Crippen LogP contribution < -0.4 is 0 Å². The van der Waals surface area contributed by atoms with Gasteiger partial charge >= 0.3 is 0 Å². The van der Waals surface area contributed by atoms with Crippen LogP contribution in [0.15, 0.2) is 30.6 Å². The summed E-state index contributed by atoms with van der Waals surface area (Å²) >= 11 is 0. The minimum Gasteiger partial charge on any atom is -0.337 e. The summed E-state index contributed by atoms with van der Waals surface area (Å²) in [6.45, 7) is 7.48. The van der Waals surface area contributed by atoms with Crippen molar-refractivity contribution in [2.24, 2.45) is 0 Å². The summed E-state index contributed by atoms with van der Waals surface area (Å²) in [6.07, 6.45) is 3.79. The molecule has 0 fully saturated rings. The second-order valence-electron chi connectivity index (χ2n) is 5.24. The van der Waals surface area contributed by atoms with Crippen molar-refractivity contribution in [1.82, 2.24) is 14.7 Å². The Kier molecular flexibility index (Phi) is 4.23. The van der Waals surface area contributed by atoms with Gasteiger partial charge in [-0.25, -0.2) is 0 Å². The molecule has 4 heteroatoms. The van der Waals surface area contributed by atoms with E-state index in [2.05, 4.69) is 11.2 Å². The molecule has 0 saturated carbocycles. The third kappa shape index (κ3) is 3.26. The molecule has 0 saturated heterocycles. The first kappa shape index (κ1) is 14.3. The number of hydrogen-bond acceptors (Lipinski definition) is 2. The fourth-order valence-electron chi connectivity index (χ4n) is 2.33. The molecule has 2 rings (SSSR count). The van der Waals surface area contributed by atoms with Crippen molar-refractivity contribution in [1.29, 1.82) is 0 Å². The maximum atomic E-state index is 12.4. The van der Waals surface area contributed by atoms with Crippen LogP contribution in [-0.4, -0.2) is 27.6 Å². The Morgan fingerprint density at radius 2 is 1.90 bits per heavy atom. The van der Waals surface area contributed by atoms with Crippen LogP contribution in [-0.2, 0) is 13.1 Å². The number of hydrogen-bond donors (Lipinski definition) is 0. The highest BCUT2D eigenvalue weighted by molar-refractivity contribution is 5.94. The molecule has 1 aromatic heterocycles. The van der Waals surface area contributed by atoms with Crippen molar-refractivity contribution in [3.05, 3.63) is 52.8 Å². The predicted molar refractivity (Wildman–Crippen MR) is 79.6 cm³/mol. The van der Waals surface area contributed by atoms with E-state index in [1.165, 1.54) is 0 Å². The van der Waals surface area contributed by atoms with E-state index in [0.717, 1.165) is 28.8 Å². The Balaban J connectivity index is 2.11. The van der Waals surface area contributed by atoms with Crippen molar-refractivity contribution in [3.8, 4) is 0 Å². The van der Waals surface area contributed by atoms with Gasteiger partial charge < -0.3 is 4.90 Å². The van der Waals surface area contributed by atoms with E-state index in [1.54, 1.807) is 4.90 Å². The van der Waals surface area contributed by atoms with Crippen molar-refractivity contribution >= 4 is 5.91 Å². The fraction of sp³-hybridized carbons (Fsp3) is 0.375. The van der Waals surface area contributed by atoms with Crippen LogP contribution in [0.3, 0.4) is 0 Å². The Labute approximate surface area is 120 Å². The molecule has 0 aliphatic heterocycles. The smallest absolute Gasteiger partial charge is 0.253 e. The highest BCUT2D eigenvalue weighted by Crippen LogP contribution is 2.12. The molecule has 0 spiro atoms. The lowest BCUT2D eigenvalue weighted by Gasteiger charge is -2.17. The summed E-state index contributed by atoms with van der Waals surface area (Å²) in [5.74, 6) is 0.0426. The number of rotatable bonds is 4. The minimum atomic E-state index is 0.0426. The number of aryl methyl sites for hydroxylation is 3. The molecule has 0 aliphatic rings. The molecule has 0 bridgehead atoms. The fourth-order valence-corrected chi connectivity index (χ4v) is 2.33. The second kappa shape index (κ2) is 5.90. The van der Waals surface area contributed by atoms with Gasteiger partial charge in [0.2, 0.25) is 0 Å². The summed E-state index contributed by atoms with van der Waals surface area (Å²) < 4.78 is 1.87. The Hall–Kier alpha value is -2.10. The topological polar surface area (TPSA) is 38.1 Å². The van der Waals surface area contributed by atoms with Crippen molar-refractivity contribution in [3.63, 3.8) is 0 Å². The lowest BCUT2D eigenvalue weighted by atomic mass is 10.1. The van der Waals surface area contributed by atoms with Crippen molar-refractivity contribution < 1.29 is 4.79 Å². The number of carbonyl (C=O) groups is 1. The van der Waals surface area contributed by atoms with Gasteiger partial charge in [-0.05, 0) is 32.9 Å². The number of benzene rings is 1. The molecule has 4 nitrogen and oxygen atoms in total. The first-order valence-electron chi connectivity index (χ1n) is 6.84. The third-order valence-corrected chi connectivity index (χ3v) is 3.25. The average Bonchev–Trinajstić information content (AvgIpc) is 2.84. The zero-order chi connectivity index (χ0) is 14.7. The summed E-state index contributed by atoms with van der Waals surface area (Å²) in [5.41, 5.74) is 4.01. The van der Waals surface area contributed by atoms with Gasteiger partial charge in [-0.2, -0.15) is 5.10 Å². The second-order valence-corrected chi connectivity index (χ2v) is 5.24. The van der Waals surface area contributed by atoms with E-state index in [4.69, 9.17) is 0 Å². The van der Waals surface area contributed by atoms with Crippen molar-refractivity contribution in [2.75, 3.05) is 7.05 Å². The normalized spacial score (nSPS) is 10.6. The molecule has 0 aliphatic carbocycles. The Bertz CT molecular complexity index is 596. The maximum absolute atomic E-state index is 12.4. The predicted octanol–water partition coefficient (Wildman–Crippen LogP) is 2.79. The molecule has 1 amide bonds. The van der Waals surface area contributed by atoms with Gasteiger partial charge in [0.25, 0.3) is 5.91 Å². The molecule has 20 heavy (non-hydrogen) atoms. The van der Waals surface area contributed by atoms with Gasteiger partial charge in [0.1, 0.15) is 0 Å². The summed E-state index contributed by atoms with van der Waals surface area (Å²) in [6, 6.07) is 5.94. The lowest BCUT2D eigenvalue weighted by molar-refractivity contribution is 0.0785. The van der Waals surface area contributed by atoms with Crippen LogP contribution in [0.2, 0.25) is 0 Å². The molecule has 106 valence electrons. The van der Waals surface area contributed by atoms with E-state index in [1.807, 2.05) is 57.0 Å². The molecular weight excluding hydrogens is 250 g/mol. The molecule has 0 atom stereocenters. The molecular formula is C16H21N3O. The van der Waals surface area contributed by atoms with Crippen LogP contribution in [0, 0.1) is 13.8 Å². The molecule has 2 aromatic rings. The lowest BCUT2D eigenvalue weighted by Crippen LogP contribution is -2.26. The zero-order valence-corrected chi connectivity index (χ0v) is 12.6. The number of nitrogens with zero attached hydrogens (tertiary/aromatic N) is 3. The highest BCUT2D eigenvalue weighted by atomic mass is 16.2. The number of carbonyl (C=O) groups excluding carboxylic acids is 1. The number of aromatic nitrogens is 2. The summed E-state index contributed by atoms with van der Waals surface area (Å²) in [7, 11) is 1.82. The van der Waals surface area contributed by atoms with Gasteiger partial charge in [0.15, 0.2) is 0 Å². The van der Waals surface area contributed by atoms with Crippen molar-refractivity contribution in [2.45, 2.75) is 33.9 Å². The number of amides is 1. The van der Waals surface area contributed by atoms with E-state index < -0.39 is 0 Å². The summed E-state index contributed by atoms with van der Waals surface area (Å²) in [5, 5.41) is 4.23. The van der Waals surface area contributed by atoms with Crippen LogP contribution in [0.4, 0.5) is 0 Å². The van der Waals surface area contributed by atoms with E-state index >= 15 is 0 Å². The molecule has 1 aromatic carbocycles. The monoisotopic (exact) mass is 271 g/mol. The molecule has 1 heterocycles. The van der Waals surface area contributed by atoms with Gasteiger partial charge in [-0.15, -0.1) is 0 Å². The quantitative estimate of drug-likeness (QED) is 0.857. The Morgan fingerprint density at radius 3 is 2.45 bits per heavy atom. The SMILES string of the molecule is CCn1cc(CN(C)C(=O)c2cc(C)cc(C)c2)cn1. The van der Waals surface area contributed by atoms with Crippen LogP contribution in [0.25, 0.3) is 0 Å². The first-order valence-corrected chi connectivity index (χ1v) is 6.84. The maximum Gasteiger partial charge on any atom is 0.253 e. The highest BCUT2D eigenvalue weighted by Gasteiger charge is 2.13. The van der Waals surface area contributed by atoms with Crippen LogP contribution >= 0.6 is 0 Å². The minimum absolute atomic E-state index is 0.0426. The standard InChI is InChI=1S/C16H21N3O/c1-5-19-11-14(9-17-19)10-18(4)16(20)15-7-12(2)6-13(3)8-15/h6-9,11H,5,10H2,1-4H3. The van der Waals surface area contributed by atoms with Crippen LogP contribution in [0.5, 0.6) is 0 Å².